The molecule has 0 saturated carbocycles. The molecule has 4 rings (SSSR count). The molecule has 1 fully saturated rings. The second-order valence-corrected chi connectivity index (χ2v) is 8.56. The second kappa shape index (κ2) is 9.91. The zero-order valence-electron chi connectivity index (χ0n) is 18.7. The van der Waals surface area contributed by atoms with Gasteiger partial charge in [-0.05, 0) is 49.4 Å². The van der Waals surface area contributed by atoms with Gasteiger partial charge in [0.05, 0.1) is 29.3 Å². The Bertz CT molecular complexity index is 1180. The van der Waals surface area contributed by atoms with Crippen molar-refractivity contribution in [2.24, 2.45) is 5.92 Å². The summed E-state index contributed by atoms with van der Waals surface area (Å²) in [5, 5.41) is 10.6. The van der Waals surface area contributed by atoms with Crippen molar-refractivity contribution in [2.45, 2.75) is 45.8 Å². The van der Waals surface area contributed by atoms with E-state index >= 15 is 0 Å². The maximum absolute atomic E-state index is 12.9. The molecule has 1 aliphatic heterocycles. The quantitative estimate of drug-likeness (QED) is 0.523. The van der Waals surface area contributed by atoms with E-state index in [2.05, 4.69) is 20.7 Å². The van der Waals surface area contributed by atoms with E-state index in [0.717, 1.165) is 24.8 Å². The molecule has 1 unspecified atom stereocenters. The Kier molecular flexibility index (Phi) is 6.79. The van der Waals surface area contributed by atoms with Crippen molar-refractivity contribution >= 4 is 40.4 Å². The maximum Gasteiger partial charge on any atom is 0.255 e. The highest BCUT2D eigenvalue weighted by Gasteiger charge is 2.22. The van der Waals surface area contributed by atoms with Gasteiger partial charge >= 0.3 is 0 Å². The normalized spacial score (nSPS) is 16.0. The van der Waals surface area contributed by atoms with E-state index in [-0.39, 0.29) is 29.7 Å². The summed E-state index contributed by atoms with van der Waals surface area (Å²) in [7, 11) is 0. The fourth-order valence-corrected chi connectivity index (χ4v) is 3.89. The molecule has 3 aromatic rings. The lowest BCUT2D eigenvalue weighted by Crippen LogP contribution is -2.19. The van der Waals surface area contributed by atoms with Gasteiger partial charge in [0.25, 0.3) is 5.91 Å². The topological polar surface area (TPSA) is 115 Å². The van der Waals surface area contributed by atoms with Crippen molar-refractivity contribution in [1.82, 2.24) is 14.8 Å². The number of ether oxygens (including phenoxy) is 1. The van der Waals surface area contributed by atoms with E-state index in [0.29, 0.717) is 41.6 Å². The Morgan fingerprint density at radius 1 is 1.18 bits per heavy atom. The van der Waals surface area contributed by atoms with Gasteiger partial charge < -0.3 is 15.4 Å². The van der Waals surface area contributed by atoms with E-state index in [1.165, 1.54) is 12.4 Å². The summed E-state index contributed by atoms with van der Waals surface area (Å²) in [6.45, 7) is 4.59. The Labute approximate surface area is 191 Å². The number of anilines is 2. The molecule has 172 valence electrons. The highest BCUT2D eigenvalue weighted by atomic mass is 16.5. The highest BCUT2D eigenvalue weighted by Crippen LogP contribution is 2.28. The lowest BCUT2D eigenvalue weighted by atomic mass is 10.1. The SMILES string of the molecule is CC(C)CC(=O)Nc1cncc(NC(=O)c2ccc3c(c2)c(C=O)nn3C2CCCCO2)c1. The van der Waals surface area contributed by atoms with Crippen LogP contribution in [0.25, 0.3) is 10.9 Å². The van der Waals surface area contributed by atoms with Gasteiger partial charge in [-0.15, -0.1) is 0 Å². The van der Waals surface area contributed by atoms with Gasteiger partial charge in [-0.25, -0.2) is 4.68 Å². The molecule has 0 radical (unpaired) electrons. The number of amides is 2. The first-order valence-electron chi connectivity index (χ1n) is 11.1. The van der Waals surface area contributed by atoms with Gasteiger partial charge in [0.1, 0.15) is 5.69 Å². The molecule has 0 bridgehead atoms. The lowest BCUT2D eigenvalue weighted by Gasteiger charge is -2.23. The van der Waals surface area contributed by atoms with Crippen LogP contribution in [0.15, 0.2) is 36.7 Å². The van der Waals surface area contributed by atoms with E-state index in [1.54, 1.807) is 28.9 Å². The maximum atomic E-state index is 12.9. The number of fused-ring (bicyclic) bond motifs is 1. The Balaban J connectivity index is 1.53. The van der Waals surface area contributed by atoms with Crippen molar-refractivity contribution < 1.29 is 19.1 Å². The minimum Gasteiger partial charge on any atom is -0.356 e. The smallest absolute Gasteiger partial charge is 0.255 e. The average molecular weight is 450 g/mol. The van der Waals surface area contributed by atoms with E-state index in [1.807, 2.05) is 13.8 Å². The van der Waals surface area contributed by atoms with E-state index in [9.17, 15) is 14.4 Å². The summed E-state index contributed by atoms with van der Waals surface area (Å²) in [6, 6.07) is 6.78. The molecule has 2 N–H and O–H groups in total. The van der Waals surface area contributed by atoms with Crippen molar-refractivity contribution in [1.29, 1.82) is 0 Å². The zero-order chi connectivity index (χ0) is 23.4. The van der Waals surface area contributed by atoms with Crippen LogP contribution < -0.4 is 10.6 Å². The summed E-state index contributed by atoms with van der Waals surface area (Å²) < 4.78 is 7.54. The van der Waals surface area contributed by atoms with Crippen LogP contribution in [0.3, 0.4) is 0 Å². The molecular weight excluding hydrogens is 422 g/mol. The zero-order valence-corrected chi connectivity index (χ0v) is 18.7. The third-order valence-electron chi connectivity index (χ3n) is 5.41. The molecule has 2 amide bonds. The molecule has 3 heterocycles. The summed E-state index contributed by atoms with van der Waals surface area (Å²) >= 11 is 0. The standard InChI is InChI=1S/C24H27N5O4/c1-15(2)9-22(31)26-17-11-18(13-25-12-17)27-24(32)16-6-7-21-19(10-16)20(14-30)28-29(21)23-5-3-4-8-33-23/h6-7,10-15,23H,3-5,8-9H2,1-2H3,(H,26,31)(H,27,32). The van der Waals surface area contributed by atoms with Gasteiger partial charge in [0.2, 0.25) is 5.91 Å². The van der Waals surface area contributed by atoms with Crippen LogP contribution in [0, 0.1) is 5.92 Å². The average Bonchev–Trinajstić information content (AvgIpc) is 3.17. The molecule has 1 aromatic carbocycles. The molecule has 2 aromatic heterocycles. The Morgan fingerprint density at radius 3 is 2.67 bits per heavy atom. The van der Waals surface area contributed by atoms with Crippen LogP contribution in [0.2, 0.25) is 0 Å². The number of hydrogen-bond donors (Lipinski definition) is 2. The van der Waals surface area contributed by atoms with Crippen LogP contribution in [0.4, 0.5) is 11.4 Å². The van der Waals surface area contributed by atoms with E-state index in [4.69, 9.17) is 4.74 Å². The molecule has 1 aliphatic rings. The van der Waals surface area contributed by atoms with Crippen LogP contribution in [0.1, 0.15) is 66.6 Å². The third-order valence-corrected chi connectivity index (χ3v) is 5.41. The third kappa shape index (κ3) is 5.25. The van der Waals surface area contributed by atoms with Crippen molar-refractivity contribution in [3.63, 3.8) is 0 Å². The molecule has 1 atom stereocenters. The summed E-state index contributed by atoms with van der Waals surface area (Å²) in [5.41, 5.74) is 2.35. The largest absolute Gasteiger partial charge is 0.356 e. The first kappa shape index (κ1) is 22.6. The molecule has 1 saturated heterocycles. The minimum atomic E-state index is -0.358. The molecule has 9 heteroatoms. The molecular formula is C24H27N5O4. The summed E-state index contributed by atoms with van der Waals surface area (Å²) in [5.74, 6) is -0.231. The number of benzene rings is 1. The van der Waals surface area contributed by atoms with Gasteiger partial charge in [0, 0.05) is 24.0 Å². The number of hydrogen-bond acceptors (Lipinski definition) is 6. The van der Waals surface area contributed by atoms with E-state index < -0.39 is 0 Å². The van der Waals surface area contributed by atoms with Crippen molar-refractivity contribution in [3.05, 3.63) is 47.9 Å². The fraction of sp³-hybridized carbons (Fsp3) is 0.375. The first-order valence-corrected chi connectivity index (χ1v) is 11.1. The monoisotopic (exact) mass is 449 g/mol. The fourth-order valence-electron chi connectivity index (χ4n) is 3.89. The number of aromatic nitrogens is 3. The van der Waals surface area contributed by atoms with Crippen molar-refractivity contribution in [3.8, 4) is 0 Å². The van der Waals surface area contributed by atoms with Crippen molar-refractivity contribution in [2.75, 3.05) is 17.2 Å². The number of pyridine rings is 1. The van der Waals surface area contributed by atoms with Gasteiger partial charge in [-0.3, -0.25) is 19.4 Å². The minimum absolute atomic E-state index is 0.110. The molecule has 33 heavy (non-hydrogen) atoms. The summed E-state index contributed by atoms with van der Waals surface area (Å²) in [4.78, 5) is 40.6. The molecule has 0 spiro atoms. The highest BCUT2D eigenvalue weighted by molar-refractivity contribution is 6.08. The van der Waals surface area contributed by atoms with Crippen LogP contribution in [-0.4, -0.2) is 39.5 Å². The predicted molar refractivity (Wildman–Crippen MR) is 124 cm³/mol. The number of aldehydes is 1. The van der Waals surface area contributed by atoms with Crippen LogP contribution in [0.5, 0.6) is 0 Å². The summed E-state index contributed by atoms with van der Waals surface area (Å²) in [6.07, 6.45) is 6.78. The van der Waals surface area contributed by atoms with Crippen LogP contribution >= 0.6 is 0 Å². The van der Waals surface area contributed by atoms with Crippen LogP contribution in [-0.2, 0) is 9.53 Å². The first-order chi connectivity index (χ1) is 15.9. The molecule has 9 nitrogen and oxygen atoms in total. The molecule has 0 aliphatic carbocycles. The Morgan fingerprint density at radius 2 is 1.97 bits per heavy atom. The van der Waals surface area contributed by atoms with Gasteiger partial charge in [-0.1, -0.05) is 13.8 Å². The number of rotatable bonds is 7. The number of nitrogens with zero attached hydrogens (tertiary/aromatic N) is 3. The Hall–Kier alpha value is -3.59. The number of nitrogens with one attached hydrogen (secondary N) is 2. The second-order valence-electron chi connectivity index (χ2n) is 8.56. The lowest BCUT2D eigenvalue weighted by molar-refractivity contribution is -0.116. The number of carbonyl (C=O) groups excluding carboxylic acids is 3. The number of carbonyl (C=O) groups is 3. The van der Waals surface area contributed by atoms with Gasteiger partial charge in [0.15, 0.2) is 12.5 Å². The van der Waals surface area contributed by atoms with Gasteiger partial charge in [-0.2, -0.15) is 5.10 Å². The predicted octanol–water partition coefficient (Wildman–Crippen LogP) is 4.18.